The van der Waals surface area contributed by atoms with Gasteiger partial charge in [0.25, 0.3) is 0 Å². The predicted molar refractivity (Wildman–Crippen MR) is 139 cm³/mol. The molecule has 3 aromatic carbocycles. The zero-order valence-corrected chi connectivity index (χ0v) is 20.1. The van der Waals surface area contributed by atoms with Crippen LogP contribution in [0, 0.1) is 11.8 Å². The van der Waals surface area contributed by atoms with E-state index < -0.39 is 17.9 Å². The summed E-state index contributed by atoms with van der Waals surface area (Å²) in [6.07, 6.45) is 4.52. The first-order valence-electron chi connectivity index (χ1n) is 12.0. The molecule has 6 nitrogen and oxygen atoms in total. The van der Waals surface area contributed by atoms with Gasteiger partial charge in [-0.3, -0.25) is 19.3 Å². The molecule has 3 aliphatic heterocycles. The molecule has 3 aromatic rings. The Balaban J connectivity index is 1.35. The molecule has 6 rings (SSSR count). The van der Waals surface area contributed by atoms with Gasteiger partial charge in [-0.15, -0.1) is 0 Å². The smallest absolute Gasteiger partial charge is 0.247 e. The lowest BCUT2D eigenvalue weighted by atomic mass is 9.88. The number of benzene rings is 3. The van der Waals surface area contributed by atoms with Crippen LogP contribution in [0.3, 0.4) is 0 Å². The number of hydrogen-bond donors (Lipinski definition) is 1. The summed E-state index contributed by atoms with van der Waals surface area (Å²) in [5.74, 6) is -2.18. The summed E-state index contributed by atoms with van der Waals surface area (Å²) < 4.78 is 0. The Kier molecular flexibility index (Phi) is 5.61. The van der Waals surface area contributed by atoms with Gasteiger partial charge in [0.05, 0.1) is 17.9 Å². The highest BCUT2D eigenvalue weighted by Gasteiger charge is 2.63. The topological polar surface area (TPSA) is 69.7 Å². The quantitative estimate of drug-likeness (QED) is 0.530. The van der Waals surface area contributed by atoms with Crippen molar-refractivity contribution in [1.29, 1.82) is 0 Å². The maximum Gasteiger partial charge on any atom is 0.247 e. The van der Waals surface area contributed by atoms with Crippen molar-refractivity contribution >= 4 is 46.8 Å². The summed E-state index contributed by atoms with van der Waals surface area (Å²) >= 11 is 6.00. The minimum Gasteiger partial charge on any atom is -0.351 e. The standard InChI is InChI=1S/C29H24ClN3O3/c30-20-11-13-21(14-12-20)31-27(34)26-25-24(23-15-10-19-8-4-5-9-22(19)33(23)26)28(35)32(29(25)36)17-16-18-6-2-1-3-7-18/h1-15,23-26H,16-17H2,(H,31,34)/t23-,24-,25-,26+/m0/s1. The average Bonchev–Trinajstić information content (AvgIpc) is 3.37. The van der Waals surface area contributed by atoms with Crippen LogP contribution in [0.2, 0.25) is 5.02 Å². The van der Waals surface area contributed by atoms with E-state index in [4.69, 9.17) is 11.6 Å². The third kappa shape index (κ3) is 3.69. The Morgan fingerprint density at radius 3 is 2.33 bits per heavy atom. The minimum atomic E-state index is -0.819. The third-order valence-electron chi connectivity index (χ3n) is 7.35. The molecule has 180 valence electrons. The summed E-state index contributed by atoms with van der Waals surface area (Å²) in [5.41, 5.74) is 3.45. The molecule has 0 unspecified atom stereocenters. The number of imide groups is 1. The Morgan fingerprint density at radius 2 is 1.56 bits per heavy atom. The highest BCUT2D eigenvalue weighted by atomic mass is 35.5. The maximum atomic E-state index is 13.8. The van der Waals surface area contributed by atoms with Crippen molar-refractivity contribution in [2.45, 2.75) is 18.5 Å². The van der Waals surface area contributed by atoms with Gasteiger partial charge in [0, 0.05) is 22.9 Å². The van der Waals surface area contributed by atoms with Crippen LogP contribution in [-0.2, 0) is 20.8 Å². The molecule has 0 bridgehead atoms. The van der Waals surface area contributed by atoms with Crippen molar-refractivity contribution in [3.63, 3.8) is 0 Å². The van der Waals surface area contributed by atoms with Gasteiger partial charge in [0.15, 0.2) is 0 Å². The monoisotopic (exact) mass is 497 g/mol. The van der Waals surface area contributed by atoms with Crippen molar-refractivity contribution in [1.82, 2.24) is 4.90 Å². The predicted octanol–water partition coefficient (Wildman–Crippen LogP) is 4.41. The number of likely N-dealkylation sites (tertiary alicyclic amines) is 1. The molecule has 3 aliphatic rings. The Labute approximate surface area is 214 Å². The van der Waals surface area contributed by atoms with E-state index in [-0.39, 0.29) is 23.8 Å². The second-order valence-electron chi connectivity index (χ2n) is 9.37. The Morgan fingerprint density at radius 1 is 0.861 bits per heavy atom. The van der Waals surface area contributed by atoms with E-state index in [9.17, 15) is 14.4 Å². The number of nitrogens with one attached hydrogen (secondary N) is 1. The summed E-state index contributed by atoms with van der Waals surface area (Å²) in [5, 5.41) is 3.51. The van der Waals surface area contributed by atoms with Crippen LogP contribution in [0.25, 0.3) is 6.08 Å². The lowest BCUT2D eigenvalue weighted by molar-refractivity contribution is -0.141. The molecule has 0 saturated carbocycles. The lowest BCUT2D eigenvalue weighted by Crippen LogP contribution is -2.50. The van der Waals surface area contributed by atoms with Crippen LogP contribution < -0.4 is 10.2 Å². The molecule has 2 saturated heterocycles. The lowest BCUT2D eigenvalue weighted by Gasteiger charge is -2.36. The molecule has 7 heteroatoms. The van der Waals surface area contributed by atoms with Crippen molar-refractivity contribution in [2.24, 2.45) is 11.8 Å². The molecule has 36 heavy (non-hydrogen) atoms. The number of anilines is 2. The fraction of sp³-hybridized carbons (Fsp3) is 0.207. The van der Waals surface area contributed by atoms with Crippen molar-refractivity contribution in [2.75, 3.05) is 16.8 Å². The summed E-state index contributed by atoms with van der Waals surface area (Å²) in [6.45, 7) is 0.299. The fourth-order valence-electron chi connectivity index (χ4n) is 5.73. The molecule has 0 radical (unpaired) electrons. The van der Waals surface area contributed by atoms with Crippen LogP contribution in [-0.4, -0.2) is 41.2 Å². The maximum absolute atomic E-state index is 13.8. The molecule has 0 aromatic heterocycles. The van der Waals surface area contributed by atoms with Crippen LogP contribution >= 0.6 is 11.6 Å². The van der Waals surface area contributed by atoms with Crippen molar-refractivity contribution in [3.8, 4) is 0 Å². The van der Waals surface area contributed by atoms with Crippen LogP contribution in [0.15, 0.2) is 84.9 Å². The highest BCUT2D eigenvalue weighted by molar-refractivity contribution is 6.30. The Hall–Kier alpha value is -3.90. The first-order chi connectivity index (χ1) is 17.5. The number of hydrogen-bond acceptors (Lipinski definition) is 4. The molecule has 4 atom stereocenters. The van der Waals surface area contributed by atoms with Gasteiger partial charge in [-0.05, 0) is 47.9 Å². The number of rotatable bonds is 5. The van der Waals surface area contributed by atoms with E-state index in [1.165, 1.54) is 4.90 Å². The number of fused-ring (bicyclic) bond motifs is 5. The SMILES string of the molecule is O=C(Nc1ccc(Cl)cc1)[C@H]1[C@H]2C(=O)N(CCc3ccccc3)C(=O)[C@H]2[C@@H]2C=Cc3ccccc3N21. The number of para-hydroxylation sites is 1. The first kappa shape index (κ1) is 22.6. The third-order valence-corrected chi connectivity index (χ3v) is 7.61. The van der Waals surface area contributed by atoms with Crippen molar-refractivity contribution in [3.05, 3.63) is 101 Å². The molecule has 1 N–H and O–H groups in total. The minimum absolute atomic E-state index is 0.207. The second-order valence-corrected chi connectivity index (χ2v) is 9.81. The zero-order chi connectivity index (χ0) is 24.8. The van der Waals surface area contributed by atoms with Gasteiger partial charge in [0.2, 0.25) is 17.7 Å². The zero-order valence-electron chi connectivity index (χ0n) is 19.4. The normalized spacial score (nSPS) is 23.9. The Bertz CT molecular complexity index is 1370. The van der Waals surface area contributed by atoms with E-state index in [2.05, 4.69) is 5.32 Å². The van der Waals surface area contributed by atoms with Crippen molar-refractivity contribution < 1.29 is 14.4 Å². The summed E-state index contributed by atoms with van der Waals surface area (Å²) in [7, 11) is 0. The number of carbonyl (C=O) groups excluding carboxylic acids is 3. The molecular formula is C29H24ClN3O3. The summed E-state index contributed by atoms with van der Waals surface area (Å²) in [6, 6.07) is 23.2. The first-order valence-corrected chi connectivity index (χ1v) is 12.4. The molecule has 3 heterocycles. The highest BCUT2D eigenvalue weighted by Crippen LogP contribution is 2.48. The van der Waals surface area contributed by atoms with Crippen LogP contribution in [0.4, 0.5) is 11.4 Å². The van der Waals surface area contributed by atoms with Gasteiger partial charge in [-0.2, -0.15) is 0 Å². The van der Waals surface area contributed by atoms with E-state index in [1.807, 2.05) is 71.6 Å². The van der Waals surface area contributed by atoms with Gasteiger partial charge in [0.1, 0.15) is 6.04 Å². The number of amides is 3. The molecule has 0 aliphatic carbocycles. The number of nitrogens with zero attached hydrogens (tertiary/aromatic N) is 2. The number of halogens is 1. The summed E-state index contributed by atoms with van der Waals surface area (Å²) in [4.78, 5) is 44.5. The fourth-order valence-corrected chi connectivity index (χ4v) is 5.86. The van der Waals surface area contributed by atoms with Crippen LogP contribution in [0.5, 0.6) is 0 Å². The van der Waals surface area contributed by atoms with E-state index in [1.54, 1.807) is 24.3 Å². The largest absolute Gasteiger partial charge is 0.351 e. The number of carbonyl (C=O) groups is 3. The van der Waals surface area contributed by atoms with E-state index >= 15 is 0 Å². The van der Waals surface area contributed by atoms with Gasteiger partial charge in [-0.1, -0.05) is 72.3 Å². The molecular weight excluding hydrogens is 474 g/mol. The second kappa shape index (κ2) is 8.95. The van der Waals surface area contributed by atoms with Gasteiger partial charge in [-0.25, -0.2) is 0 Å². The van der Waals surface area contributed by atoms with E-state index in [0.717, 1.165) is 16.8 Å². The average molecular weight is 498 g/mol. The molecule has 0 spiro atoms. The van der Waals surface area contributed by atoms with E-state index in [0.29, 0.717) is 23.7 Å². The van der Waals surface area contributed by atoms with Crippen LogP contribution in [0.1, 0.15) is 11.1 Å². The van der Waals surface area contributed by atoms with Gasteiger partial charge >= 0.3 is 0 Å². The molecule has 2 fully saturated rings. The van der Waals surface area contributed by atoms with Gasteiger partial charge < -0.3 is 10.2 Å². The molecule has 3 amide bonds.